The van der Waals surface area contributed by atoms with Crippen LogP contribution >= 0.6 is 0 Å². The van der Waals surface area contributed by atoms with Crippen molar-refractivity contribution in [1.29, 1.82) is 0 Å². The molecule has 2 aliphatic carbocycles. The van der Waals surface area contributed by atoms with Crippen molar-refractivity contribution in [2.24, 2.45) is 28.6 Å². The molecule has 2 unspecified atom stereocenters. The van der Waals surface area contributed by atoms with Gasteiger partial charge in [-0.3, -0.25) is 14.6 Å². The maximum Gasteiger partial charge on any atom is 0.345 e. The quantitative estimate of drug-likeness (QED) is 0.310. The van der Waals surface area contributed by atoms with Gasteiger partial charge in [0.05, 0.1) is 12.7 Å². The Bertz CT molecular complexity index is 1660. The number of esters is 2. The third-order valence-electron chi connectivity index (χ3n) is 11.4. The van der Waals surface area contributed by atoms with Crippen molar-refractivity contribution in [3.63, 3.8) is 0 Å². The van der Waals surface area contributed by atoms with Crippen molar-refractivity contribution in [2.75, 3.05) is 6.61 Å². The first kappa shape index (κ1) is 32.0. The summed E-state index contributed by atoms with van der Waals surface area (Å²) < 4.78 is 24.5. The number of aliphatic hydroxyl groups is 1. The van der Waals surface area contributed by atoms with E-state index in [-0.39, 0.29) is 53.9 Å². The highest BCUT2D eigenvalue weighted by Gasteiger charge is 2.70. The second kappa shape index (κ2) is 12.0. The summed E-state index contributed by atoms with van der Waals surface area (Å²) in [4.78, 5) is 43.2. The zero-order valence-electron chi connectivity index (χ0n) is 27.2. The van der Waals surface area contributed by atoms with Gasteiger partial charge in [0.1, 0.15) is 28.8 Å². The number of rotatable bonds is 7. The van der Waals surface area contributed by atoms with Crippen LogP contribution in [-0.2, 0) is 25.5 Å². The van der Waals surface area contributed by atoms with Gasteiger partial charge in [-0.15, -0.1) is 0 Å². The van der Waals surface area contributed by atoms with Crippen LogP contribution in [0.1, 0.15) is 77.5 Å². The standard InChI is InChI=1S/C37H43NO8/c1-22-15-16-35(3)28(36(22,4)21-43-23(2)39)19-29(45-30(40)14-13-24-10-7-6-8-11-24)37(5)33(35)32(41)31-27(46-37)18-26(44-34(31)42)25-12-9-17-38-20-25/h6-12,17-18,20,22,28-29,32-33,41H,13-16,19,21H2,1-5H3/t22-,28?,29-,32-,33?,35-,36+,37+/m0/s1. The Hall–Kier alpha value is -3.98. The molecule has 0 bridgehead atoms. The molecule has 0 amide bonds. The van der Waals surface area contributed by atoms with Crippen molar-refractivity contribution < 1.29 is 33.3 Å². The normalized spacial score (nSPS) is 33.0. The lowest BCUT2D eigenvalue weighted by molar-refractivity contribution is -0.262. The highest BCUT2D eigenvalue weighted by atomic mass is 16.6. The summed E-state index contributed by atoms with van der Waals surface area (Å²) in [6.07, 6.45) is 3.94. The van der Waals surface area contributed by atoms with Gasteiger partial charge in [0.25, 0.3) is 0 Å². The summed E-state index contributed by atoms with van der Waals surface area (Å²) in [6.45, 7) is 9.91. The Morgan fingerprint density at radius 3 is 2.57 bits per heavy atom. The largest absolute Gasteiger partial charge is 0.482 e. The number of benzene rings is 1. The highest BCUT2D eigenvalue weighted by molar-refractivity contribution is 5.70. The van der Waals surface area contributed by atoms with Crippen LogP contribution in [0.3, 0.4) is 0 Å². The lowest BCUT2D eigenvalue weighted by Gasteiger charge is -2.66. The van der Waals surface area contributed by atoms with Crippen molar-refractivity contribution in [2.45, 2.75) is 84.5 Å². The zero-order valence-corrected chi connectivity index (χ0v) is 27.2. The van der Waals surface area contributed by atoms with Gasteiger partial charge in [0.2, 0.25) is 0 Å². The number of nitrogens with zero attached hydrogens (tertiary/aromatic N) is 1. The topological polar surface area (TPSA) is 125 Å². The van der Waals surface area contributed by atoms with Crippen LogP contribution in [0.4, 0.5) is 0 Å². The van der Waals surface area contributed by atoms with Crippen LogP contribution in [0.2, 0.25) is 0 Å². The van der Waals surface area contributed by atoms with Crippen molar-refractivity contribution >= 4 is 11.9 Å². The Morgan fingerprint density at radius 1 is 1.11 bits per heavy atom. The van der Waals surface area contributed by atoms with Gasteiger partial charge in [0, 0.05) is 48.7 Å². The number of aromatic nitrogens is 1. The molecule has 9 nitrogen and oxygen atoms in total. The first-order valence-corrected chi connectivity index (χ1v) is 16.2. The second-order valence-corrected chi connectivity index (χ2v) is 14.1. The van der Waals surface area contributed by atoms with Gasteiger partial charge in [-0.05, 0) is 67.6 Å². The molecule has 1 aliphatic heterocycles. The molecule has 2 saturated carbocycles. The molecular weight excluding hydrogens is 586 g/mol. The number of carbonyl (C=O) groups excluding carboxylic acids is 2. The minimum Gasteiger partial charge on any atom is -0.482 e. The third-order valence-corrected chi connectivity index (χ3v) is 11.4. The molecule has 2 aromatic heterocycles. The number of aryl methyl sites for hydroxylation is 1. The van der Waals surface area contributed by atoms with Gasteiger partial charge in [-0.1, -0.05) is 51.1 Å². The Morgan fingerprint density at radius 2 is 1.87 bits per heavy atom. The van der Waals surface area contributed by atoms with Crippen LogP contribution in [0, 0.1) is 28.6 Å². The first-order valence-electron chi connectivity index (χ1n) is 16.2. The molecular formula is C37H43NO8. The average Bonchev–Trinajstić information content (AvgIpc) is 3.02. The summed E-state index contributed by atoms with van der Waals surface area (Å²) in [5, 5.41) is 12.2. The van der Waals surface area contributed by atoms with Gasteiger partial charge in [-0.2, -0.15) is 0 Å². The Labute approximate surface area is 269 Å². The van der Waals surface area contributed by atoms with E-state index < -0.39 is 40.2 Å². The summed E-state index contributed by atoms with van der Waals surface area (Å²) in [5.41, 5.74) is -1.22. The molecule has 0 saturated heterocycles. The summed E-state index contributed by atoms with van der Waals surface area (Å²) in [7, 11) is 0. The first-order chi connectivity index (χ1) is 21.9. The molecule has 2 fully saturated rings. The summed E-state index contributed by atoms with van der Waals surface area (Å²) in [6, 6.07) is 14.9. The van der Waals surface area contributed by atoms with Gasteiger partial charge in [-0.25, -0.2) is 4.79 Å². The molecule has 46 heavy (non-hydrogen) atoms. The molecule has 9 heteroatoms. The van der Waals surface area contributed by atoms with E-state index in [1.54, 1.807) is 30.6 Å². The van der Waals surface area contributed by atoms with Crippen molar-refractivity contribution in [3.05, 3.63) is 82.5 Å². The zero-order chi connectivity index (χ0) is 32.9. The highest BCUT2D eigenvalue weighted by Crippen LogP contribution is 2.68. The monoisotopic (exact) mass is 629 g/mol. The molecule has 3 aromatic rings. The predicted molar refractivity (Wildman–Crippen MR) is 170 cm³/mol. The fourth-order valence-corrected chi connectivity index (χ4v) is 8.81. The number of hydrogen-bond donors (Lipinski definition) is 1. The average molecular weight is 630 g/mol. The molecule has 0 radical (unpaired) electrons. The van der Waals surface area contributed by atoms with E-state index in [4.69, 9.17) is 18.6 Å². The van der Waals surface area contributed by atoms with Crippen LogP contribution in [0.5, 0.6) is 5.75 Å². The summed E-state index contributed by atoms with van der Waals surface area (Å²) in [5.74, 6) is -0.824. The van der Waals surface area contributed by atoms with E-state index in [1.165, 1.54) is 6.92 Å². The van der Waals surface area contributed by atoms with Crippen LogP contribution in [-0.4, -0.2) is 40.3 Å². The van der Waals surface area contributed by atoms with Crippen LogP contribution in [0.25, 0.3) is 11.3 Å². The van der Waals surface area contributed by atoms with Gasteiger partial charge >= 0.3 is 17.6 Å². The SMILES string of the molecule is CC(=O)OC[C@@]1(C)C2C[C@H](OC(=O)CCc3ccccc3)[C@@]3(C)Oc4cc(-c5cccnc5)oc(=O)c4[C@H](O)C3[C@@]2(C)CC[C@@H]1C. The lowest BCUT2D eigenvalue weighted by Crippen LogP contribution is -2.70. The molecule has 6 rings (SSSR count). The minimum atomic E-state index is -1.25. The number of aliphatic hydroxyl groups excluding tert-OH is 1. The smallest absolute Gasteiger partial charge is 0.345 e. The maximum atomic E-state index is 13.6. The molecule has 1 aromatic carbocycles. The Balaban J connectivity index is 1.43. The van der Waals surface area contributed by atoms with E-state index in [0.29, 0.717) is 18.4 Å². The van der Waals surface area contributed by atoms with E-state index in [9.17, 15) is 19.5 Å². The van der Waals surface area contributed by atoms with Gasteiger partial charge in [0.15, 0.2) is 0 Å². The van der Waals surface area contributed by atoms with Crippen molar-refractivity contribution in [1.82, 2.24) is 4.98 Å². The second-order valence-electron chi connectivity index (χ2n) is 14.1. The number of carbonyl (C=O) groups is 2. The third kappa shape index (κ3) is 5.42. The number of fused-ring (bicyclic) bond motifs is 4. The Kier molecular flexibility index (Phi) is 8.34. The van der Waals surface area contributed by atoms with Crippen LogP contribution in [0.15, 0.2) is 70.1 Å². The van der Waals surface area contributed by atoms with E-state index in [0.717, 1.165) is 18.4 Å². The predicted octanol–water partition coefficient (Wildman–Crippen LogP) is 6.07. The fourth-order valence-electron chi connectivity index (χ4n) is 8.81. The van der Waals surface area contributed by atoms with Crippen molar-refractivity contribution in [3.8, 4) is 17.1 Å². The van der Waals surface area contributed by atoms with Crippen LogP contribution < -0.4 is 10.4 Å². The van der Waals surface area contributed by atoms with E-state index in [1.807, 2.05) is 37.3 Å². The number of ether oxygens (including phenoxy) is 3. The molecule has 1 N–H and O–H groups in total. The molecule has 3 aliphatic rings. The van der Waals surface area contributed by atoms with Gasteiger partial charge < -0.3 is 23.7 Å². The fraction of sp³-hybridized carbons (Fsp3) is 0.514. The number of pyridine rings is 1. The number of hydrogen-bond acceptors (Lipinski definition) is 9. The molecule has 8 atom stereocenters. The molecule has 244 valence electrons. The van der Waals surface area contributed by atoms with E-state index in [2.05, 4.69) is 25.8 Å². The molecule has 0 spiro atoms. The minimum absolute atomic E-state index is 0.0615. The lowest BCUT2D eigenvalue weighted by atomic mass is 9.41. The van der Waals surface area contributed by atoms with E-state index >= 15 is 0 Å². The maximum absolute atomic E-state index is 13.6. The summed E-state index contributed by atoms with van der Waals surface area (Å²) >= 11 is 0. The molecule has 3 heterocycles.